The molecule has 2 aromatic rings. The predicted molar refractivity (Wildman–Crippen MR) is 106 cm³/mol. The van der Waals surface area contributed by atoms with E-state index in [2.05, 4.69) is 37.5 Å². The number of carbonyl (C=O) groups is 1. The summed E-state index contributed by atoms with van der Waals surface area (Å²) < 4.78 is 5.28. The van der Waals surface area contributed by atoms with E-state index in [-0.39, 0.29) is 11.3 Å². The van der Waals surface area contributed by atoms with Crippen molar-refractivity contribution in [2.75, 3.05) is 19.0 Å². The summed E-state index contributed by atoms with van der Waals surface area (Å²) in [5.74, 6) is 0.666. The molecule has 2 aromatic carbocycles. The van der Waals surface area contributed by atoms with Crippen molar-refractivity contribution in [3.63, 3.8) is 0 Å². The first-order valence-corrected chi connectivity index (χ1v) is 9.09. The maximum atomic E-state index is 12.9. The molecule has 5 heteroatoms. The summed E-state index contributed by atoms with van der Waals surface area (Å²) in [7, 11) is 1.64. The van der Waals surface area contributed by atoms with Crippen LogP contribution in [0.4, 0.5) is 5.69 Å². The predicted octanol–water partition coefficient (Wildman–Crippen LogP) is 3.69. The van der Waals surface area contributed by atoms with Crippen LogP contribution in [-0.4, -0.2) is 19.6 Å². The second-order valence-electron chi connectivity index (χ2n) is 7.81. The minimum absolute atomic E-state index is 0.128. The minimum atomic E-state index is -0.424. The van der Waals surface area contributed by atoms with Crippen LogP contribution >= 0.6 is 0 Å². The molecule has 1 unspecified atom stereocenters. The Morgan fingerprint density at radius 1 is 1.26 bits per heavy atom. The number of hydrogen-bond donors (Lipinski definition) is 2. The molecule has 27 heavy (non-hydrogen) atoms. The van der Waals surface area contributed by atoms with E-state index in [4.69, 9.17) is 4.74 Å². The molecule has 3 rings (SSSR count). The van der Waals surface area contributed by atoms with Gasteiger partial charge in [-0.25, -0.2) is 0 Å². The number of carbonyl (C=O) groups excluding carboxylic acids is 1. The number of ether oxygens (including phenoxy) is 1. The number of nitriles is 1. The Labute approximate surface area is 160 Å². The number of rotatable bonds is 3. The average Bonchev–Trinajstić information content (AvgIpc) is 2.65. The highest BCUT2D eigenvalue weighted by Crippen LogP contribution is 2.30. The van der Waals surface area contributed by atoms with Crippen LogP contribution in [0.15, 0.2) is 36.4 Å². The molecule has 0 aliphatic carbocycles. The van der Waals surface area contributed by atoms with Crippen LogP contribution in [-0.2, 0) is 16.6 Å². The third kappa shape index (κ3) is 3.96. The summed E-state index contributed by atoms with van der Waals surface area (Å²) in [5.41, 5.74) is 4.14. The van der Waals surface area contributed by atoms with Crippen LogP contribution in [0.25, 0.3) is 0 Å². The molecule has 0 radical (unpaired) electrons. The van der Waals surface area contributed by atoms with E-state index in [1.54, 1.807) is 13.2 Å². The number of amides is 1. The molecule has 1 atom stereocenters. The second-order valence-corrected chi connectivity index (χ2v) is 7.81. The van der Waals surface area contributed by atoms with Gasteiger partial charge in [0.25, 0.3) is 0 Å². The smallest absolute Gasteiger partial charge is 0.246 e. The first-order valence-electron chi connectivity index (χ1n) is 9.09. The largest absolute Gasteiger partial charge is 0.497 e. The molecule has 0 spiro atoms. The van der Waals surface area contributed by atoms with E-state index in [9.17, 15) is 10.1 Å². The zero-order valence-corrected chi connectivity index (χ0v) is 16.2. The maximum absolute atomic E-state index is 12.9. The first-order chi connectivity index (χ1) is 12.8. The number of nitrogens with one attached hydrogen (secondary N) is 2. The van der Waals surface area contributed by atoms with Crippen LogP contribution in [0.3, 0.4) is 0 Å². The molecule has 2 N–H and O–H groups in total. The number of anilines is 1. The lowest BCUT2D eigenvalue weighted by molar-refractivity contribution is -0.118. The van der Waals surface area contributed by atoms with Crippen molar-refractivity contribution in [1.29, 1.82) is 5.26 Å². The SMILES string of the molecule is COc1ccc2c(c1)CCNC2C(=O)Nc1ccc(C(C)(C)C)c(C#N)c1. The van der Waals surface area contributed by atoms with E-state index < -0.39 is 6.04 Å². The maximum Gasteiger partial charge on any atom is 0.246 e. The van der Waals surface area contributed by atoms with Crippen LogP contribution < -0.4 is 15.4 Å². The lowest BCUT2D eigenvalue weighted by Gasteiger charge is -2.27. The molecular weight excluding hydrogens is 338 g/mol. The fraction of sp³-hybridized carbons (Fsp3) is 0.364. The van der Waals surface area contributed by atoms with Gasteiger partial charge in [0.1, 0.15) is 11.8 Å². The van der Waals surface area contributed by atoms with Gasteiger partial charge in [-0.15, -0.1) is 0 Å². The van der Waals surface area contributed by atoms with E-state index >= 15 is 0 Å². The van der Waals surface area contributed by atoms with Gasteiger partial charge in [0, 0.05) is 12.2 Å². The van der Waals surface area contributed by atoms with E-state index in [0.717, 1.165) is 35.4 Å². The van der Waals surface area contributed by atoms with Crippen molar-refractivity contribution in [1.82, 2.24) is 5.32 Å². The normalized spacial score (nSPS) is 16.2. The third-order valence-electron chi connectivity index (χ3n) is 4.88. The molecule has 0 saturated heterocycles. The highest BCUT2D eigenvalue weighted by Gasteiger charge is 2.27. The summed E-state index contributed by atoms with van der Waals surface area (Å²) in [6.07, 6.45) is 0.856. The minimum Gasteiger partial charge on any atom is -0.497 e. The van der Waals surface area contributed by atoms with Crippen molar-refractivity contribution >= 4 is 11.6 Å². The molecule has 5 nitrogen and oxygen atoms in total. The van der Waals surface area contributed by atoms with Crippen LogP contribution in [0.5, 0.6) is 5.75 Å². The Morgan fingerprint density at radius 2 is 2.04 bits per heavy atom. The fourth-order valence-electron chi connectivity index (χ4n) is 3.49. The lowest BCUT2D eigenvalue weighted by Crippen LogP contribution is -2.38. The molecule has 0 saturated carbocycles. The van der Waals surface area contributed by atoms with E-state index in [1.807, 2.05) is 30.3 Å². The van der Waals surface area contributed by atoms with Gasteiger partial charge in [-0.1, -0.05) is 32.9 Å². The molecule has 1 amide bonds. The molecule has 0 bridgehead atoms. The zero-order chi connectivity index (χ0) is 19.6. The second kappa shape index (κ2) is 7.42. The Morgan fingerprint density at radius 3 is 2.70 bits per heavy atom. The van der Waals surface area contributed by atoms with Gasteiger partial charge in [0.05, 0.1) is 18.7 Å². The standard InChI is InChI=1S/C22H25N3O2/c1-22(2,3)19-8-5-16(11-15(19)13-23)25-21(26)20-18-7-6-17(27-4)12-14(18)9-10-24-20/h5-8,11-12,20,24H,9-10H2,1-4H3,(H,25,26). The van der Waals surface area contributed by atoms with Crippen LogP contribution in [0.2, 0.25) is 0 Å². The van der Waals surface area contributed by atoms with Gasteiger partial charge in [-0.3, -0.25) is 4.79 Å². The van der Waals surface area contributed by atoms with Crippen molar-refractivity contribution in [3.05, 3.63) is 58.7 Å². The van der Waals surface area contributed by atoms with Crippen molar-refractivity contribution in [2.45, 2.75) is 38.6 Å². The quantitative estimate of drug-likeness (QED) is 0.872. The number of fused-ring (bicyclic) bond motifs is 1. The summed E-state index contributed by atoms with van der Waals surface area (Å²) in [5, 5.41) is 15.7. The summed E-state index contributed by atoms with van der Waals surface area (Å²) in [6.45, 7) is 6.93. The Balaban J connectivity index is 1.84. The monoisotopic (exact) mass is 363 g/mol. The lowest BCUT2D eigenvalue weighted by atomic mass is 9.84. The van der Waals surface area contributed by atoms with Crippen molar-refractivity contribution < 1.29 is 9.53 Å². The summed E-state index contributed by atoms with van der Waals surface area (Å²) in [4.78, 5) is 12.9. The number of benzene rings is 2. The highest BCUT2D eigenvalue weighted by atomic mass is 16.5. The third-order valence-corrected chi connectivity index (χ3v) is 4.88. The molecule has 0 aromatic heterocycles. The summed E-state index contributed by atoms with van der Waals surface area (Å²) in [6, 6.07) is 13.1. The number of hydrogen-bond acceptors (Lipinski definition) is 4. The van der Waals surface area contributed by atoms with Crippen LogP contribution in [0, 0.1) is 11.3 Å². The van der Waals surface area contributed by atoms with Gasteiger partial charge < -0.3 is 15.4 Å². The van der Waals surface area contributed by atoms with Crippen molar-refractivity contribution in [2.24, 2.45) is 0 Å². The van der Waals surface area contributed by atoms with Crippen molar-refractivity contribution in [3.8, 4) is 11.8 Å². The van der Waals surface area contributed by atoms with Gasteiger partial charge in [-0.2, -0.15) is 5.26 Å². The van der Waals surface area contributed by atoms with E-state index in [0.29, 0.717) is 11.3 Å². The molecule has 0 fully saturated rings. The highest BCUT2D eigenvalue weighted by molar-refractivity contribution is 5.96. The van der Waals surface area contributed by atoms with E-state index in [1.165, 1.54) is 0 Å². The van der Waals surface area contributed by atoms with Crippen LogP contribution in [0.1, 0.15) is 49.1 Å². The molecular formula is C22H25N3O2. The average molecular weight is 363 g/mol. The molecule has 1 heterocycles. The zero-order valence-electron chi connectivity index (χ0n) is 16.2. The van der Waals surface area contributed by atoms with Gasteiger partial charge in [0.15, 0.2) is 0 Å². The fourth-order valence-corrected chi connectivity index (χ4v) is 3.49. The number of nitrogens with zero attached hydrogens (tertiary/aromatic N) is 1. The summed E-state index contributed by atoms with van der Waals surface area (Å²) >= 11 is 0. The van der Waals surface area contributed by atoms with Gasteiger partial charge in [0.2, 0.25) is 5.91 Å². The molecule has 1 aliphatic rings. The topological polar surface area (TPSA) is 74.2 Å². The number of methoxy groups -OCH3 is 1. The molecule has 140 valence electrons. The Bertz CT molecular complexity index is 907. The van der Waals surface area contributed by atoms with Gasteiger partial charge in [-0.05, 0) is 52.8 Å². The Kier molecular flexibility index (Phi) is 5.20. The van der Waals surface area contributed by atoms with Gasteiger partial charge >= 0.3 is 0 Å². The molecule has 1 aliphatic heterocycles. The Hall–Kier alpha value is -2.84. The first kappa shape index (κ1) is 18.9.